The molecule has 0 saturated heterocycles. The van der Waals surface area contributed by atoms with Crippen molar-refractivity contribution in [3.63, 3.8) is 0 Å². The van der Waals surface area contributed by atoms with Crippen LogP contribution in [0, 0.1) is 0 Å². The number of hydrogen-bond donors (Lipinski definition) is 2. The molecule has 0 atom stereocenters. The van der Waals surface area contributed by atoms with E-state index in [9.17, 15) is 4.79 Å². The van der Waals surface area contributed by atoms with E-state index in [-0.39, 0.29) is 17.3 Å². The number of anilines is 1. The number of ether oxygens (including phenoxy) is 2. The van der Waals surface area contributed by atoms with E-state index in [0.717, 1.165) is 12.0 Å². The molecule has 0 radical (unpaired) electrons. The summed E-state index contributed by atoms with van der Waals surface area (Å²) >= 11 is 6.49. The van der Waals surface area contributed by atoms with Gasteiger partial charge in [0.05, 0.1) is 24.9 Å². The van der Waals surface area contributed by atoms with Crippen molar-refractivity contribution in [3.8, 4) is 22.6 Å². The highest BCUT2D eigenvalue weighted by Crippen LogP contribution is 2.41. The molecule has 1 aromatic heterocycles. The minimum absolute atomic E-state index is 0.0934. The molecule has 0 fully saturated rings. The fourth-order valence-electron chi connectivity index (χ4n) is 2.92. The highest BCUT2D eigenvalue weighted by molar-refractivity contribution is 6.35. The molecule has 3 aromatic rings. The first-order chi connectivity index (χ1) is 13.5. The van der Waals surface area contributed by atoms with E-state index in [1.54, 1.807) is 38.5 Å². The number of hydrogen-bond acceptors (Lipinski definition) is 6. The van der Waals surface area contributed by atoms with Gasteiger partial charge in [-0.05, 0) is 30.7 Å². The molecule has 1 heterocycles. The van der Waals surface area contributed by atoms with Crippen molar-refractivity contribution in [2.45, 2.75) is 13.3 Å². The summed E-state index contributed by atoms with van der Waals surface area (Å²) in [6.45, 7) is 2.50. The largest absolute Gasteiger partial charge is 0.497 e. The number of benzene rings is 2. The fourth-order valence-corrected chi connectivity index (χ4v) is 3.17. The Kier molecular flexibility index (Phi) is 5.84. The van der Waals surface area contributed by atoms with Crippen LogP contribution >= 0.6 is 11.6 Å². The molecule has 0 saturated carbocycles. The topological polar surface area (TPSA) is 99.4 Å². The van der Waals surface area contributed by atoms with Crippen LogP contribution < -0.4 is 20.5 Å². The van der Waals surface area contributed by atoms with Crippen LogP contribution in [0.3, 0.4) is 0 Å². The highest BCUT2D eigenvalue weighted by atomic mass is 35.5. The third-order valence-electron chi connectivity index (χ3n) is 4.35. The summed E-state index contributed by atoms with van der Waals surface area (Å²) in [5, 5.41) is 12.1. The Bertz CT molecular complexity index is 1040. The lowest BCUT2D eigenvalue weighted by Crippen LogP contribution is -2.26. The number of carbonyl (C=O) groups is 1. The van der Waals surface area contributed by atoms with Gasteiger partial charge in [-0.3, -0.25) is 4.79 Å². The second-order valence-corrected chi connectivity index (χ2v) is 6.51. The second kappa shape index (κ2) is 8.31. The van der Waals surface area contributed by atoms with Gasteiger partial charge in [0.25, 0.3) is 5.91 Å². The highest BCUT2D eigenvalue weighted by Gasteiger charge is 2.20. The van der Waals surface area contributed by atoms with Crippen molar-refractivity contribution in [2.24, 2.45) is 0 Å². The number of carbonyl (C=O) groups excluding carboxylic acids is 1. The number of halogens is 1. The lowest BCUT2D eigenvalue weighted by molar-refractivity contribution is 0.0949. The average Bonchev–Trinajstić information content (AvgIpc) is 2.71. The van der Waals surface area contributed by atoms with Crippen molar-refractivity contribution < 1.29 is 14.3 Å². The number of nitrogens with zero attached hydrogens (tertiary/aromatic N) is 2. The second-order valence-electron chi connectivity index (χ2n) is 6.10. The van der Waals surface area contributed by atoms with Crippen LogP contribution in [-0.4, -0.2) is 36.9 Å². The predicted octanol–water partition coefficient (Wildman–Crippen LogP) is 3.69. The summed E-state index contributed by atoms with van der Waals surface area (Å²) in [7, 11) is 3.14. The summed E-state index contributed by atoms with van der Waals surface area (Å²) < 4.78 is 10.8. The summed E-state index contributed by atoms with van der Waals surface area (Å²) in [4.78, 5) is 12.3. The number of nitrogens with two attached hydrogens (primary N) is 1. The number of aromatic nitrogens is 2. The van der Waals surface area contributed by atoms with E-state index < -0.39 is 0 Å². The normalized spacial score (nSPS) is 10.7. The third-order valence-corrected chi connectivity index (χ3v) is 4.67. The van der Waals surface area contributed by atoms with Crippen molar-refractivity contribution >= 4 is 34.1 Å². The van der Waals surface area contributed by atoms with Crippen molar-refractivity contribution in [3.05, 3.63) is 41.0 Å². The molecule has 146 valence electrons. The Morgan fingerprint density at radius 2 is 1.96 bits per heavy atom. The molecule has 7 nitrogen and oxygen atoms in total. The van der Waals surface area contributed by atoms with Crippen molar-refractivity contribution in [1.82, 2.24) is 15.5 Å². The molecule has 0 bridgehead atoms. The Labute approximate surface area is 167 Å². The standard InChI is InChI=1S/C20H21ClN4O3/c1-4-9-23-20(26)19-17(22)13-7-8-14(21)16(18(13)24-25-19)12-6-5-11(27-2)10-15(12)28-3/h5-8,10H,4,9H2,1-3H3,(H2,22,24)(H,23,26). The summed E-state index contributed by atoms with van der Waals surface area (Å²) in [5.41, 5.74) is 8.42. The number of fused-ring (bicyclic) bond motifs is 1. The Morgan fingerprint density at radius 3 is 2.64 bits per heavy atom. The van der Waals surface area contributed by atoms with Gasteiger partial charge in [0.1, 0.15) is 17.0 Å². The smallest absolute Gasteiger partial charge is 0.273 e. The van der Waals surface area contributed by atoms with Gasteiger partial charge < -0.3 is 20.5 Å². The number of nitrogens with one attached hydrogen (secondary N) is 1. The van der Waals surface area contributed by atoms with Crippen LogP contribution in [0.15, 0.2) is 30.3 Å². The Morgan fingerprint density at radius 1 is 1.18 bits per heavy atom. The van der Waals surface area contributed by atoms with Crippen LogP contribution in [0.25, 0.3) is 22.0 Å². The van der Waals surface area contributed by atoms with Gasteiger partial charge in [0.2, 0.25) is 0 Å². The fraction of sp³-hybridized carbons (Fsp3) is 0.250. The molecule has 8 heteroatoms. The maximum absolute atomic E-state index is 12.3. The van der Waals surface area contributed by atoms with E-state index in [1.165, 1.54) is 0 Å². The first kappa shape index (κ1) is 19.7. The molecule has 0 unspecified atom stereocenters. The maximum atomic E-state index is 12.3. The lowest BCUT2D eigenvalue weighted by atomic mass is 10.00. The quantitative estimate of drug-likeness (QED) is 0.654. The SMILES string of the molecule is CCCNC(=O)c1nnc2c(-c3ccc(OC)cc3OC)c(Cl)ccc2c1N. The minimum atomic E-state index is -0.354. The molecule has 0 aliphatic heterocycles. The van der Waals surface area contributed by atoms with Crippen LogP contribution in [0.4, 0.5) is 5.69 Å². The molecular formula is C20H21ClN4O3. The Balaban J connectivity index is 2.21. The number of methoxy groups -OCH3 is 2. The third kappa shape index (κ3) is 3.53. The molecule has 2 aromatic carbocycles. The van der Waals surface area contributed by atoms with Gasteiger partial charge in [0.15, 0.2) is 5.69 Å². The molecule has 3 N–H and O–H groups in total. The van der Waals surface area contributed by atoms with E-state index in [4.69, 9.17) is 26.8 Å². The zero-order chi connectivity index (χ0) is 20.3. The van der Waals surface area contributed by atoms with Crippen molar-refractivity contribution in [2.75, 3.05) is 26.5 Å². The Hall–Kier alpha value is -3.06. The van der Waals surface area contributed by atoms with E-state index in [1.807, 2.05) is 13.0 Å². The number of amides is 1. The molecule has 3 rings (SSSR count). The summed E-state index contributed by atoms with van der Waals surface area (Å²) in [6, 6.07) is 8.84. The van der Waals surface area contributed by atoms with Crippen LogP contribution in [-0.2, 0) is 0 Å². The summed E-state index contributed by atoms with van der Waals surface area (Å²) in [6.07, 6.45) is 0.809. The van der Waals surface area contributed by atoms with Gasteiger partial charge in [-0.25, -0.2) is 0 Å². The molecule has 1 amide bonds. The van der Waals surface area contributed by atoms with Crippen LogP contribution in [0.5, 0.6) is 11.5 Å². The van der Waals surface area contributed by atoms with Gasteiger partial charge >= 0.3 is 0 Å². The van der Waals surface area contributed by atoms with Crippen LogP contribution in [0.1, 0.15) is 23.8 Å². The van der Waals surface area contributed by atoms with E-state index in [0.29, 0.717) is 39.5 Å². The summed E-state index contributed by atoms with van der Waals surface area (Å²) in [5.74, 6) is 0.864. The first-order valence-electron chi connectivity index (χ1n) is 8.76. The molecule has 0 spiro atoms. The van der Waals surface area contributed by atoms with Gasteiger partial charge in [-0.1, -0.05) is 18.5 Å². The molecule has 28 heavy (non-hydrogen) atoms. The first-order valence-corrected chi connectivity index (χ1v) is 9.14. The number of rotatable bonds is 6. The minimum Gasteiger partial charge on any atom is -0.497 e. The lowest BCUT2D eigenvalue weighted by Gasteiger charge is -2.15. The molecular weight excluding hydrogens is 380 g/mol. The van der Waals surface area contributed by atoms with E-state index in [2.05, 4.69) is 15.5 Å². The zero-order valence-corrected chi connectivity index (χ0v) is 16.6. The van der Waals surface area contributed by atoms with Crippen molar-refractivity contribution in [1.29, 1.82) is 0 Å². The molecule has 0 aliphatic rings. The van der Waals surface area contributed by atoms with E-state index >= 15 is 0 Å². The van der Waals surface area contributed by atoms with Gasteiger partial charge in [-0.2, -0.15) is 0 Å². The van der Waals surface area contributed by atoms with Gasteiger partial charge in [-0.15, -0.1) is 10.2 Å². The predicted molar refractivity (Wildman–Crippen MR) is 110 cm³/mol. The zero-order valence-electron chi connectivity index (χ0n) is 15.9. The number of nitrogen functional groups attached to an aromatic ring is 1. The van der Waals surface area contributed by atoms with Crippen LogP contribution in [0.2, 0.25) is 5.02 Å². The maximum Gasteiger partial charge on any atom is 0.273 e. The monoisotopic (exact) mass is 400 g/mol. The van der Waals surface area contributed by atoms with Gasteiger partial charge in [0, 0.05) is 29.1 Å². The average molecular weight is 401 g/mol. The molecule has 0 aliphatic carbocycles.